The summed E-state index contributed by atoms with van der Waals surface area (Å²) in [5.41, 5.74) is 0. The van der Waals surface area contributed by atoms with Crippen LogP contribution < -0.4 is 4.74 Å². The molecule has 3 atom stereocenters. The van der Waals surface area contributed by atoms with E-state index in [1.54, 1.807) is 0 Å². The molecule has 0 spiro atoms. The van der Waals surface area contributed by atoms with E-state index in [0.29, 0.717) is 0 Å². The summed E-state index contributed by atoms with van der Waals surface area (Å²) in [4.78, 5) is 0. The summed E-state index contributed by atoms with van der Waals surface area (Å²) in [5, 5.41) is 9.26. The largest absolute Gasteiger partial charge is 0.489 e. The van der Waals surface area contributed by atoms with E-state index < -0.39 is 0 Å². The Kier molecular flexibility index (Phi) is 5.27. The Morgan fingerprint density at radius 2 is 2.05 bits per heavy atom. The highest BCUT2D eigenvalue weighted by Gasteiger charge is 2.31. The summed E-state index contributed by atoms with van der Waals surface area (Å²) in [6, 6.07) is 10.3. The van der Waals surface area contributed by atoms with E-state index in [1.807, 2.05) is 24.3 Å². The number of benzene rings is 1. The van der Waals surface area contributed by atoms with Gasteiger partial charge in [0.25, 0.3) is 0 Å². The highest BCUT2D eigenvalue weighted by atomic mass is 79.9. The zero-order chi connectivity index (χ0) is 13.7. The van der Waals surface area contributed by atoms with Crippen LogP contribution in [0.5, 0.6) is 5.75 Å². The average molecular weight is 322 g/mol. The molecule has 19 heavy (non-hydrogen) atoms. The molecule has 0 heterocycles. The van der Waals surface area contributed by atoms with Crippen LogP contribution in [-0.4, -0.2) is 6.10 Å². The summed E-state index contributed by atoms with van der Waals surface area (Å²) >= 11 is 3.42. The van der Waals surface area contributed by atoms with Crippen molar-refractivity contribution in [3.63, 3.8) is 0 Å². The quantitative estimate of drug-likeness (QED) is 0.787. The summed E-state index contributed by atoms with van der Waals surface area (Å²) in [5.74, 6) is 1.62. The first kappa shape index (κ1) is 14.4. The van der Waals surface area contributed by atoms with Crippen LogP contribution >= 0.6 is 15.9 Å². The highest BCUT2D eigenvalue weighted by Crippen LogP contribution is 2.34. The molecule has 3 unspecified atom stereocenters. The van der Waals surface area contributed by atoms with Gasteiger partial charge in [-0.1, -0.05) is 35.7 Å². The van der Waals surface area contributed by atoms with Gasteiger partial charge in [0.05, 0.1) is 12.0 Å². The number of halogens is 1. The molecule has 1 aromatic rings. The Morgan fingerprint density at radius 3 is 2.68 bits per heavy atom. The smallest absolute Gasteiger partial charge is 0.119 e. The fourth-order valence-electron chi connectivity index (χ4n) is 2.85. The van der Waals surface area contributed by atoms with Crippen molar-refractivity contribution < 1.29 is 4.74 Å². The lowest BCUT2D eigenvalue weighted by atomic mass is 9.78. The molecule has 102 valence electrons. The third-order valence-electron chi connectivity index (χ3n) is 3.86. The topological polar surface area (TPSA) is 33.0 Å². The molecular formula is C16H20BrNO. The molecule has 1 saturated carbocycles. The van der Waals surface area contributed by atoms with Gasteiger partial charge in [0.1, 0.15) is 11.9 Å². The Labute approximate surface area is 123 Å². The van der Waals surface area contributed by atoms with Gasteiger partial charge in [0.15, 0.2) is 0 Å². The van der Waals surface area contributed by atoms with E-state index in [9.17, 15) is 5.26 Å². The van der Waals surface area contributed by atoms with Crippen molar-refractivity contribution in [1.82, 2.24) is 0 Å². The number of hydrogen-bond donors (Lipinski definition) is 0. The Hall–Kier alpha value is -1.01. The second-order valence-corrected chi connectivity index (χ2v) is 6.23. The molecule has 3 heteroatoms. The van der Waals surface area contributed by atoms with Crippen LogP contribution in [0.15, 0.2) is 28.7 Å². The monoisotopic (exact) mass is 321 g/mol. The molecule has 0 amide bonds. The molecule has 2 nitrogen and oxygen atoms in total. The van der Waals surface area contributed by atoms with Gasteiger partial charge in [0.2, 0.25) is 0 Å². The van der Waals surface area contributed by atoms with Crippen molar-refractivity contribution in [2.24, 2.45) is 11.8 Å². The lowest BCUT2D eigenvalue weighted by Gasteiger charge is -2.33. The number of hydrogen-bond acceptors (Lipinski definition) is 2. The summed E-state index contributed by atoms with van der Waals surface area (Å²) < 4.78 is 7.09. The Bertz CT molecular complexity index is 437. The van der Waals surface area contributed by atoms with Gasteiger partial charge in [-0.3, -0.25) is 0 Å². The SMILES string of the molecule is CCCC1CCC(C#N)C(Oc2ccc(Br)cc2)C1. The van der Waals surface area contributed by atoms with Crippen LogP contribution in [0.3, 0.4) is 0 Å². The molecule has 0 radical (unpaired) electrons. The molecule has 1 aliphatic carbocycles. The predicted octanol–water partition coefficient (Wildman–Crippen LogP) is 4.94. The molecular weight excluding hydrogens is 302 g/mol. The third-order valence-corrected chi connectivity index (χ3v) is 4.39. The Morgan fingerprint density at radius 1 is 1.32 bits per heavy atom. The standard InChI is InChI=1S/C16H20BrNO/c1-2-3-12-4-5-13(11-18)16(10-12)19-15-8-6-14(17)7-9-15/h6-9,12-13,16H,2-5,10H2,1H3. The predicted molar refractivity (Wildman–Crippen MR) is 79.9 cm³/mol. The molecule has 1 aliphatic rings. The van der Waals surface area contributed by atoms with Crippen molar-refractivity contribution in [2.45, 2.75) is 45.1 Å². The minimum atomic E-state index is 0.0387. The maximum absolute atomic E-state index is 9.26. The zero-order valence-corrected chi connectivity index (χ0v) is 12.9. The van der Waals surface area contributed by atoms with Crippen LogP contribution in [0, 0.1) is 23.2 Å². The van der Waals surface area contributed by atoms with E-state index in [4.69, 9.17) is 4.74 Å². The lowest BCUT2D eigenvalue weighted by Crippen LogP contribution is -2.33. The van der Waals surface area contributed by atoms with Gasteiger partial charge in [0, 0.05) is 4.47 Å². The van der Waals surface area contributed by atoms with Crippen LogP contribution in [0.1, 0.15) is 39.0 Å². The summed E-state index contributed by atoms with van der Waals surface area (Å²) in [6.45, 7) is 2.22. The van der Waals surface area contributed by atoms with E-state index in [1.165, 1.54) is 19.3 Å². The van der Waals surface area contributed by atoms with Gasteiger partial charge in [-0.05, 0) is 49.4 Å². The van der Waals surface area contributed by atoms with Gasteiger partial charge in [-0.25, -0.2) is 0 Å². The Balaban J connectivity index is 2.02. The average Bonchev–Trinajstić information content (AvgIpc) is 2.42. The van der Waals surface area contributed by atoms with Gasteiger partial charge in [-0.15, -0.1) is 0 Å². The second kappa shape index (κ2) is 6.96. The number of nitrogens with zero attached hydrogens (tertiary/aromatic N) is 1. The van der Waals surface area contributed by atoms with Crippen molar-refractivity contribution in [3.8, 4) is 11.8 Å². The van der Waals surface area contributed by atoms with Gasteiger partial charge >= 0.3 is 0 Å². The minimum absolute atomic E-state index is 0.0387. The normalized spacial score (nSPS) is 26.7. The molecule has 0 N–H and O–H groups in total. The van der Waals surface area contributed by atoms with Crippen molar-refractivity contribution in [2.75, 3.05) is 0 Å². The van der Waals surface area contributed by atoms with Crippen LogP contribution in [0.2, 0.25) is 0 Å². The van der Waals surface area contributed by atoms with Crippen molar-refractivity contribution >= 4 is 15.9 Å². The lowest BCUT2D eigenvalue weighted by molar-refractivity contribution is 0.0875. The van der Waals surface area contributed by atoms with Crippen LogP contribution in [0.4, 0.5) is 0 Å². The van der Waals surface area contributed by atoms with Crippen LogP contribution in [-0.2, 0) is 0 Å². The third kappa shape index (κ3) is 3.98. The second-order valence-electron chi connectivity index (χ2n) is 5.31. The first-order valence-electron chi connectivity index (χ1n) is 7.04. The molecule has 1 fully saturated rings. The van der Waals surface area contributed by atoms with Crippen LogP contribution in [0.25, 0.3) is 0 Å². The molecule has 0 saturated heterocycles. The highest BCUT2D eigenvalue weighted by molar-refractivity contribution is 9.10. The number of rotatable bonds is 4. The molecule has 0 aromatic heterocycles. The number of ether oxygens (including phenoxy) is 1. The molecule has 0 bridgehead atoms. The minimum Gasteiger partial charge on any atom is -0.489 e. The zero-order valence-electron chi connectivity index (χ0n) is 11.3. The number of nitriles is 1. The van der Waals surface area contributed by atoms with Crippen molar-refractivity contribution in [1.29, 1.82) is 5.26 Å². The maximum atomic E-state index is 9.26. The van der Waals surface area contributed by atoms with Crippen molar-refractivity contribution in [3.05, 3.63) is 28.7 Å². The summed E-state index contributed by atoms with van der Waals surface area (Å²) in [6.07, 6.45) is 5.68. The first-order chi connectivity index (χ1) is 9.22. The van der Waals surface area contributed by atoms with Gasteiger partial charge < -0.3 is 4.74 Å². The molecule has 0 aliphatic heterocycles. The van der Waals surface area contributed by atoms with E-state index in [0.717, 1.165) is 29.0 Å². The molecule has 1 aromatic carbocycles. The maximum Gasteiger partial charge on any atom is 0.119 e. The van der Waals surface area contributed by atoms with E-state index in [-0.39, 0.29) is 12.0 Å². The summed E-state index contributed by atoms with van der Waals surface area (Å²) in [7, 11) is 0. The molecule has 2 rings (SSSR count). The first-order valence-corrected chi connectivity index (χ1v) is 7.84. The van der Waals surface area contributed by atoms with E-state index in [2.05, 4.69) is 28.9 Å². The van der Waals surface area contributed by atoms with Gasteiger partial charge in [-0.2, -0.15) is 5.26 Å². The fraction of sp³-hybridized carbons (Fsp3) is 0.562. The van der Waals surface area contributed by atoms with E-state index >= 15 is 0 Å². The fourth-order valence-corrected chi connectivity index (χ4v) is 3.11.